The molecule has 1 aromatic heterocycles. The van der Waals surface area contributed by atoms with Crippen molar-refractivity contribution in [3.63, 3.8) is 0 Å². The Kier molecular flexibility index (Phi) is 4.27. The largest absolute Gasteiger partial charge is 0.351 e. The molecular weight excluding hydrogens is 318 g/mol. The number of benzene rings is 1. The Bertz CT molecular complexity index is 720. The van der Waals surface area contributed by atoms with Gasteiger partial charge in [-0.25, -0.2) is 4.98 Å². The van der Waals surface area contributed by atoms with Crippen LogP contribution >= 0.6 is 11.3 Å². The van der Waals surface area contributed by atoms with E-state index in [9.17, 15) is 4.79 Å². The lowest BCUT2D eigenvalue weighted by atomic mass is 10.1. The van der Waals surface area contributed by atoms with Gasteiger partial charge in [-0.15, -0.1) is 11.3 Å². The standard InChI is InChI=1S/C19H23N3OS/c1-13-12-24-19(20-13)22-9-8-17(11-22)21-18(23)10-14-2-4-15(5-3-14)16-6-7-16/h2-5,12,16-17H,6-11H2,1H3,(H,21,23)/t17-/m1/s1. The zero-order valence-electron chi connectivity index (χ0n) is 14.0. The fourth-order valence-corrected chi connectivity index (χ4v) is 4.17. The Morgan fingerprint density at radius 1 is 1.29 bits per heavy atom. The monoisotopic (exact) mass is 341 g/mol. The first-order chi connectivity index (χ1) is 11.7. The fraction of sp³-hybridized carbons (Fsp3) is 0.474. The van der Waals surface area contributed by atoms with Crippen molar-refractivity contribution < 1.29 is 4.79 Å². The highest BCUT2D eigenvalue weighted by molar-refractivity contribution is 7.13. The molecule has 1 aromatic carbocycles. The SMILES string of the molecule is Cc1csc(N2CC[C@@H](NC(=O)Cc3ccc(C4CC4)cc3)C2)n1. The van der Waals surface area contributed by atoms with Crippen molar-refractivity contribution in [2.75, 3.05) is 18.0 Å². The summed E-state index contributed by atoms with van der Waals surface area (Å²) in [7, 11) is 0. The molecule has 0 bridgehead atoms. The molecule has 2 aliphatic rings. The number of nitrogens with one attached hydrogen (secondary N) is 1. The van der Waals surface area contributed by atoms with E-state index in [0.717, 1.165) is 41.8 Å². The summed E-state index contributed by atoms with van der Waals surface area (Å²) in [6.07, 6.45) is 4.09. The minimum absolute atomic E-state index is 0.122. The van der Waals surface area contributed by atoms with Crippen molar-refractivity contribution in [2.24, 2.45) is 0 Å². The van der Waals surface area contributed by atoms with Crippen molar-refractivity contribution in [2.45, 2.75) is 44.6 Å². The highest BCUT2D eigenvalue weighted by Crippen LogP contribution is 2.39. The Labute approximate surface area is 146 Å². The maximum absolute atomic E-state index is 12.3. The highest BCUT2D eigenvalue weighted by atomic mass is 32.1. The number of hydrogen-bond donors (Lipinski definition) is 1. The van der Waals surface area contributed by atoms with E-state index in [1.165, 1.54) is 18.4 Å². The Hall–Kier alpha value is -1.88. The van der Waals surface area contributed by atoms with E-state index in [1.807, 2.05) is 6.92 Å². The summed E-state index contributed by atoms with van der Waals surface area (Å²) in [5, 5.41) is 6.33. The first kappa shape index (κ1) is 15.6. The third kappa shape index (κ3) is 3.61. The van der Waals surface area contributed by atoms with Crippen LogP contribution < -0.4 is 10.2 Å². The number of aryl methyl sites for hydroxylation is 1. The summed E-state index contributed by atoms with van der Waals surface area (Å²) in [6, 6.07) is 8.80. The molecule has 0 unspecified atom stereocenters. The van der Waals surface area contributed by atoms with E-state index >= 15 is 0 Å². The van der Waals surface area contributed by atoms with Crippen LogP contribution in [-0.2, 0) is 11.2 Å². The molecule has 1 N–H and O–H groups in total. The molecule has 1 aliphatic carbocycles. The lowest BCUT2D eigenvalue weighted by Crippen LogP contribution is -2.37. The van der Waals surface area contributed by atoms with Gasteiger partial charge in [0.05, 0.1) is 12.1 Å². The molecule has 0 radical (unpaired) electrons. The van der Waals surface area contributed by atoms with Crippen LogP contribution in [0.4, 0.5) is 5.13 Å². The van der Waals surface area contributed by atoms with E-state index in [0.29, 0.717) is 6.42 Å². The molecule has 4 rings (SSSR count). The van der Waals surface area contributed by atoms with Gasteiger partial charge in [0.15, 0.2) is 5.13 Å². The molecule has 1 aliphatic heterocycles. The number of carbonyl (C=O) groups excluding carboxylic acids is 1. The smallest absolute Gasteiger partial charge is 0.224 e. The number of rotatable bonds is 5. The van der Waals surface area contributed by atoms with Gasteiger partial charge in [-0.3, -0.25) is 4.79 Å². The summed E-state index contributed by atoms with van der Waals surface area (Å²) >= 11 is 1.68. The second-order valence-corrected chi connectivity index (χ2v) is 7.80. The van der Waals surface area contributed by atoms with Crippen LogP contribution in [0.3, 0.4) is 0 Å². The van der Waals surface area contributed by atoms with Crippen LogP contribution in [-0.4, -0.2) is 30.0 Å². The summed E-state index contributed by atoms with van der Waals surface area (Å²) in [6.45, 7) is 3.84. The summed E-state index contributed by atoms with van der Waals surface area (Å²) in [4.78, 5) is 19.1. The number of amides is 1. The Balaban J connectivity index is 1.28. The first-order valence-electron chi connectivity index (χ1n) is 8.72. The molecular formula is C19H23N3OS. The minimum atomic E-state index is 0.122. The summed E-state index contributed by atoms with van der Waals surface area (Å²) in [5.74, 6) is 0.892. The Morgan fingerprint density at radius 3 is 2.75 bits per heavy atom. The number of hydrogen-bond acceptors (Lipinski definition) is 4. The first-order valence-corrected chi connectivity index (χ1v) is 9.60. The van der Waals surface area contributed by atoms with E-state index in [2.05, 4.69) is 44.8 Å². The van der Waals surface area contributed by atoms with Crippen molar-refractivity contribution in [3.8, 4) is 0 Å². The quantitative estimate of drug-likeness (QED) is 0.908. The molecule has 2 fully saturated rings. The molecule has 1 saturated heterocycles. The maximum atomic E-state index is 12.3. The summed E-state index contributed by atoms with van der Waals surface area (Å²) < 4.78 is 0. The van der Waals surface area contributed by atoms with Crippen LogP contribution in [0.15, 0.2) is 29.6 Å². The van der Waals surface area contributed by atoms with Gasteiger partial charge >= 0.3 is 0 Å². The van der Waals surface area contributed by atoms with Gasteiger partial charge in [-0.1, -0.05) is 24.3 Å². The average Bonchev–Trinajstić information content (AvgIpc) is 3.17. The van der Waals surface area contributed by atoms with Crippen LogP contribution in [0.5, 0.6) is 0 Å². The van der Waals surface area contributed by atoms with Crippen LogP contribution in [0.25, 0.3) is 0 Å². The van der Waals surface area contributed by atoms with Crippen LogP contribution in [0.2, 0.25) is 0 Å². The third-order valence-electron chi connectivity index (χ3n) is 4.82. The molecule has 1 atom stereocenters. The normalized spacial score (nSPS) is 20.4. The molecule has 126 valence electrons. The van der Waals surface area contributed by atoms with Gasteiger partial charge in [0.1, 0.15) is 0 Å². The summed E-state index contributed by atoms with van der Waals surface area (Å²) in [5.41, 5.74) is 3.59. The van der Waals surface area contributed by atoms with Gasteiger partial charge in [-0.05, 0) is 43.2 Å². The van der Waals surface area contributed by atoms with Gasteiger partial charge in [0.2, 0.25) is 5.91 Å². The lowest BCUT2D eigenvalue weighted by molar-refractivity contribution is -0.121. The van der Waals surface area contributed by atoms with Crippen LogP contribution in [0, 0.1) is 6.92 Å². The highest BCUT2D eigenvalue weighted by Gasteiger charge is 2.26. The van der Waals surface area contributed by atoms with Crippen molar-refractivity contribution in [1.29, 1.82) is 0 Å². The molecule has 0 spiro atoms. The van der Waals surface area contributed by atoms with Crippen molar-refractivity contribution in [1.82, 2.24) is 10.3 Å². The fourth-order valence-electron chi connectivity index (χ4n) is 3.33. The zero-order chi connectivity index (χ0) is 16.5. The van der Waals surface area contributed by atoms with Gasteiger partial charge in [0.25, 0.3) is 0 Å². The molecule has 2 heterocycles. The molecule has 1 amide bonds. The second kappa shape index (κ2) is 6.55. The van der Waals surface area contributed by atoms with Gasteiger partial charge in [-0.2, -0.15) is 0 Å². The maximum Gasteiger partial charge on any atom is 0.224 e. The number of aromatic nitrogens is 1. The van der Waals surface area contributed by atoms with E-state index < -0.39 is 0 Å². The predicted octanol–water partition coefficient (Wildman–Crippen LogP) is 3.27. The second-order valence-electron chi connectivity index (χ2n) is 6.96. The van der Waals surface area contributed by atoms with E-state index in [4.69, 9.17) is 0 Å². The van der Waals surface area contributed by atoms with Gasteiger partial charge < -0.3 is 10.2 Å². The van der Waals surface area contributed by atoms with Crippen LogP contribution in [0.1, 0.15) is 42.0 Å². The van der Waals surface area contributed by atoms with E-state index in [-0.39, 0.29) is 11.9 Å². The van der Waals surface area contributed by atoms with E-state index in [1.54, 1.807) is 11.3 Å². The predicted molar refractivity (Wildman–Crippen MR) is 97.7 cm³/mol. The third-order valence-corrected chi connectivity index (χ3v) is 5.84. The molecule has 5 heteroatoms. The number of thiazole rings is 1. The number of anilines is 1. The number of nitrogens with zero attached hydrogens (tertiary/aromatic N) is 2. The topological polar surface area (TPSA) is 45.2 Å². The average molecular weight is 341 g/mol. The lowest BCUT2D eigenvalue weighted by Gasteiger charge is -2.16. The number of carbonyl (C=O) groups is 1. The van der Waals surface area contributed by atoms with Gasteiger partial charge in [0, 0.05) is 24.5 Å². The molecule has 4 nitrogen and oxygen atoms in total. The minimum Gasteiger partial charge on any atom is -0.351 e. The molecule has 2 aromatic rings. The molecule has 24 heavy (non-hydrogen) atoms. The van der Waals surface area contributed by atoms with Crippen molar-refractivity contribution in [3.05, 3.63) is 46.5 Å². The zero-order valence-corrected chi connectivity index (χ0v) is 14.8. The molecule has 1 saturated carbocycles. The Morgan fingerprint density at radius 2 is 2.08 bits per heavy atom. The van der Waals surface area contributed by atoms with Crippen molar-refractivity contribution >= 4 is 22.4 Å².